The minimum absolute atomic E-state index is 0.00307. The van der Waals surface area contributed by atoms with Gasteiger partial charge in [0.1, 0.15) is 23.5 Å². The number of aryl methyl sites for hydroxylation is 1. The van der Waals surface area contributed by atoms with Crippen molar-refractivity contribution in [3.63, 3.8) is 0 Å². The highest BCUT2D eigenvalue weighted by Crippen LogP contribution is 2.48. The zero-order chi connectivity index (χ0) is 41.5. The Morgan fingerprint density at radius 2 is 1.79 bits per heavy atom. The minimum Gasteiger partial charge on any atom is -0.497 e. The predicted octanol–water partition coefficient (Wildman–Crippen LogP) is 6.57. The molecule has 1 aromatic carbocycles. The summed E-state index contributed by atoms with van der Waals surface area (Å²) in [6.07, 6.45) is 11.8. The van der Waals surface area contributed by atoms with Crippen molar-refractivity contribution < 1.29 is 37.8 Å². The molecule has 316 valence electrons. The van der Waals surface area contributed by atoms with Crippen LogP contribution in [-0.4, -0.2) is 80.7 Å². The number of ether oxygens (including phenoxy) is 1. The van der Waals surface area contributed by atoms with Gasteiger partial charge >= 0.3 is 6.09 Å². The number of primary amides is 1. The van der Waals surface area contributed by atoms with E-state index in [9.17, 15) is 32.8 Å². The molecule has 1 aromatic heterocycles. The molecule has 6 N–H and O–H groups in total. The summed E-state index contributed by atoms with van der Waals surface area (Å²) in [5, 5.41) is 11.5. The Balaban J connectivity index is 0.000000167. The lowest BCUT2D eigenvalue weighted by Gasteiger charge is -2.37. The molecule has 2 heterocycles. The second-order valence-electron chi connectivity index (χ2n) is 17.2. The van der Waals surface area contributed by atoms with Crippen LogP contribution in [-0.2, 0) is 20.8 Å². The van der Waals surface area contributed by atoms with Gasteiger partial charge in [-0.2, -0.15) is 0 Å². The quantitative estimate of drug-likeness (QED) is 0.0975. The summed E-state index contributed by atoms with van der Waals surface area (Å²) in [4.78, 5) is 68.0. The molecule has 4 saturated carbocycles. The maximum Gasteiger partial charge on any atom is 0.405 e. The Labute approximate surface area is 337 Å². The third-order valence-electron chi connectivity index (χ3n) is 12.3. The first-order valence-electron chi connectivity index (χ1n) is 20.5. The van der Waals surface area contributed by atoms with Crippen molar-refractivity contribution in [1.82, 2.24) is 24.9 Å². The largest absolute Gasteiger partial charge is 0.497 e. The second kappa shape index (κ2) is 19.2. The van der Waals surface area contributed by atoms with Crippen molar-refractivity contribution in [1.29, 1.82) is 0 Å². The van der Waals surface area contributed by atoms with Gasteiger partial charge in [-0.05, 0) is 99.6 Å². The van der Waals surface area contributed by atoms with Gasteiger partial charge in [0.05, 0.1) is 18.1 Å². The van der Waals surface area contributed by atoms with Crippen molar-refractivity contribution in [2.24, 2.45) is 34.8 Å². The molecule has 1 aliphatic heterocycles. The summed E-state index contributed by atoms with van der Waals surface area (Å²) in [6, 6.07) is 4.10. The number of hydrogen-bond acceptors (Lipinski definition) is 8. The number of hydrogen-bond donors (Lipinski definition) is 5. The number of aromatic nitrogens is 2. The minimum atomic E-state index is -2.34. The third kappa shape index (κ3) is 12.3. The van der Waals surface area contributed by atoms with Crippen LogP contribution in [0.4, 0.5) is 13.6 Å². The van der Waals surface area contributed by atoms with Crippen LogP contribution in [0.15, 0.2) is 23.0 Å². The summed E-state index contributed by atoms with van der Waals surface area (Å²) in [5.74, 6) is -0.455. The molecule has 13 nitrogen and oxygen atoms in total. The lowest BCUT2D eigenvalue weighted by Crippen LogP contribution is -2.58. The maximum atomic E-state index is 12.9. The number of unbranched alkanes of at least 4 members (excludes halogenated alkanes) is 2. The Kier molecular flexibility index (Phi) is 14.9. The summed E-state index contributed by atoms with van der Waals surface area (Å²) < 4.78 is 32.3. The standard InChI is InChI=1S/C17H22N2O2.C15H25N3O4.C9H13F2NOS/c1-21-13-9-10-14-16(11-13)19-17(20)15(18-14)6-4-2-3-5-12-7-8-12;1-9-5-8-18(10(9)12(16)19)13(20)11(17-14(21)22)15(2)6-3-4-7-15;1-9(2-3-9)14-12-8(13)6-4-5(6)7(10)11/h9-12H,2-8H2,1H3,(H,19,20);9-11,17H,3-8H2,1-2H3,(H2,16,19)(H,21,22);5-7H,2-4H2,1H3,(H,12,13)/t;9?,10?,11-;/m.1./s1. The van der Waals surface area contributed by atoms with E-state index in [4.69, 9.17) is 15.6 Å². The fourth-order valence-corrected chi connectivity index (χ4v) is 8.76. The SMILES string of the molecule is CC1(SNC(=O)C2CC2C(F)F)CC1.CC1CCN(C(=O)[C@@H](NC(=O)O)C2(C)CCCC2)C1C(N)=O.COc1ccc2nc(CCCCCC3CC3)c(=O)[nH]c2c1. The van der Waals surface area contributed by atoms with Gasteiger partial charge in [0.2, 0.25) is 24.1 Å². The highest BCUT2D eigenvalue weighted by Gasteiger charge is 2.50. The van der Waals surface area contributed by atoms with Crippen LogP contribution in [0, 0.1) is 29.1 Å². The van der Waals surface area contributed by atoms with Gasteiger partial charge in [-0.3, -0.25) is 23.9 Å². The van der Waals surface area contributed by atoms with E-state index in [2.05, 4.69) is 26.9 Å². The van der Waals surface area contributed by atoms with Crippen LogP contribution in [0.1, 0.15) is 116 Å². The molecule has 16 heteroatoms. The van der Waals surface area contributed by atoms with Crippen molar-refractivity contribution in [2.45, 2.75) is 140 Å². The lowest BCUT2D eigenvalue weighted by atomic mass is 9.79. The highest BCUT2D eigenvalue weighted by atomic mass is 32.2. The first-order chi connectivity index (χ1) is 27.0. The van der Waals surface area contributed by atoms with E-state index in [-0.39, 0.29) is 28.0 Å². The number of benzene rings is 1. The maximum absolute atomic E-state index is 12.9. The number of nitrogens with one attached hydrogen (secondary N) is 3. The molecule has 5 aliphatic rings. The number of halogens is 2. The zero-order valence-electron chi connectivity index (χ0n) is 33.6. The number of aromatic amines is 1. The molecule has 1 saturated heterocycles. The molecule has 0 bridgehead atoms. The number of amides is 4. The number of likely N-dealkylation sites (tertiary alicyclic amines) is 1. The number of rotatable bonds is 15. The summed E-state index contributed by atoms with van der Waals surface area (Å²) in [5.41, 5.74) is 7.17. The molecular formula is C41H60F2N6O7S. The van der Waals surface area contributed by atoms with Gasteiger partial charge < -0.3 is 30.8 Å². The van der Waals surface area contributed by atoms with Crippen LogP contribution in [0.3, 0.4) is 0 Å². The van der Waals surface area contributed by atoms with Crippen LogP contribution < -0.4 is 26.1 Å². The van der Waals surface area contributed by atoms with E-state index in [0.717, 1.165) is 74.1 Å². The molecule has 5 fully saturated rings. The number of fused-ring (bicyclic) bond motifs is 1. The number of carboxylic acid groups (broad SMARTS) is 1. The van der Waals surface area contributed by atoms with Crippen molar-refractivity contribution in [2.75, 3.05) is 13.7 Å². The third-order valence-corrected chi connectivity index (χ3v) is 13.5. The van der Waals surface area contributed by atoms with E-state index in [1.807, 2.05) is 32.0 Å². The van der Waals surface area contributed by atoms with Gasteiger partial charge in [0.25, 0.3) is 5.56 Å². The van der Waals surface area contributed by atoms with Crippen molar-refractivity contribution in [3.8, 4) is 5.75 Å². The second-order valence-corrected chi connectivity index (χ2v) is 18.6. The number of carbonyl (C=O) groups is 4. The number of H-pyrrole nitrogens is 1. The van der Waals surface area contributed by atoms with Gasteiger partial charge in [0, 0.05) is 29.2 Å². The first-order valence-corrected chi connectivity index (χ1v) is 21.3. The molecule has 4 unspecified atom stereocenters. The molecule has 4 aliphatic carbocycles. The topological polar surface area (TPSA) is 197 Å². The number of carbonyl (C=O) groups excluding carboxylic acids is 3. The first kappa shape index (κ1) is 44.2. The number of methoxy groups -OCH3 is 1. The monoisotopic (exact) mass is 818 g/mol. The molecule has 4 amide bonds. The van der Waals surface area contributed by atoms with Gasteiger partial charge in [-0.1, -0.05) is 58.8 Å². The molecule has 5 atom stereocenters. The average molecular weight is 819 g/mol. The van der Waals surface area contributed by atoms with E-state index in [1.54, 1.807) is 7.11 Å². The number of alkyl halides is 2. The zero-order valence-corrected chi connectivity index (χ0v) is 34.4. The molecule has 0 radical (unpaired) electrons. The number of nitrogens with zero attached hydrogens (tertiary/aromatic N) is 2. The van der Waals surface area contributed by atoms with Gasteiger partial charge in [-0.25, -0.2) is 18.6 Å². The van der Waals surface area contributed by atoms with Crippen molar-refractivity contribution in [3.05, 3.63) is 34.2 Å². The summed E-state index contributed by atoms with van der Waals surface area (Å²) >= 11 is 1.39. The van der Waals surface area contributed by atoms with E-state index >= 15 is 0 Å². The highest BCUT2D eigenvalue weighted by molar-refractivity contribution is 7.99. The molecule has 2 aromatic rings. The lowest BCUT2D eigenvalue weighted by molar-refractivity contribution is -0.142. The molecule has 57 heavy (non-hydrogen) atoms. The van der Waals surface area contributed by atoms with E-state index in [0.29, 0.717) is 25.1 Å². The van der Waals surface area contributed by atoms with E-state index < -0.39 is 47.8 Å². The molecular weight excluding hydrogens is 759 g/mol. The van der Waals surface area contributed by atoms with Crippen LogP contribution >= 0.6 is 11.9 Å². The van der Waals surface area contributed by atoms with E-state index in [1.165, 1.54) is 49.0 Å². The Morgan fingerprint density at radius 3 is 2.37 bits per heavy atom. The smallest absolute Gasteiger partial charge is 0.405 e. The van der Waals surface area contributed by atoms with Crippen LogP contribution in [0.2, 0.25) is 0 Å². The molecule has 7 rings (SSSR count). The fraction of sp³-hybridized carbons (Fsp3) is 0.707. The van der Waals surface area contributed by atoms with Crippen molar-refractivity contribution >= 4 is 46.8 Å². The normalized spacial score (nSPS) is 24.4. The summed E-state index contributed by atoms with van der Waals surface area (Å²) in [6.45, 7) is 6.34. The summed E-state index contributed by atoms with van der Waals surface area (Å²) in [7, 11) is 1.61. The number of nitrogens with two attached hydrogens (primary N) is 1. The van der Waals surface area contributed by atoms with Gasteiger partial charge in [0.15, 0.2) is 0 Å². The average Bonchev–Trinajstić information content (AvgIpc) is 4.12. The van der Waals surface area contributed by atoms with Gasteiger partial charge in [-0.15, -0.1) is 0 Å². The Morgan fingerprint density at radius 1 is 1.09 bits per heavy atom. The Hall–Kier alpha value is -3.95. The molecule has 0 spiro atoms. The fourth-order valence-electron chi connectivity index (χ4n) is 7.95. The van der Waals surface area contributed by atoms with Crippen LogP contribution in [0.25, 0.3) is 11.0 Å². The predicted molar refractivity (Wildman–Crippen MR) is 215 cm³/mol. The Bertz CT molecular complexity index is 1800. The van der Waals surface area contributed by atoms with Crippen LogP contribution in [0.5, 0.6) is 5.75 Å².